The first kappa shape index (κ1) is 21.6. The van der Waals surface area contributed by atoms with Gasteiger partial charge in [0.05, 0.1) is 7.11 Å². The van der Waals surface area contributed by atoms with Crippen LogP contribution in [0.15, 0.2) is 24.0 Å². The third-order valence-electron chi connectivity index (χ3n) is 8.71. The third-order valence-corrected chi connectivity index (χ3v) is 8.71. The molecule has 4 aliphatic rings. The van der Waals surface area contributed by atoms with Crippen LogP contribution in [0.3, 0.4) is 0 Å². The zero-order valence-corrected chi connectivity index (χ0v) is 19.8. The van der Waals surface area contributed by atoms with Crippen LogP contribution >= 0.6 is 0 Å². The molecule has 2 aliphatic carbocycles. The van der Waals surface area contributed by atoms with Crippen molar-refractivity contribution in [3.8, 4) is 11.5 Å². The number of methoxy groups -OCH3 is 1. The lowest BCUT2D eigenvalue weighted by atomic mass is 9.53. The van der Waals surface area contributed by atoms with E-state index in [1.807, 2.05) is 11.0 Å². The van der Waals surface area contributed by atoms with Crippen LogP contribution in [-0.4, -0.2) is 60.3 Å². The van der Waals surface area contributed by atoms with Crippen LogP contribution in [-0.2, 0) is 16.6 Å². The van der Waals surface area contributed by atoms with Crippen LogP contribution in [0.4, 0.5) is 4.79 Å². The number of nitrogens with zero attached hydrogens (tertiary/aromatic N) is 2. The minimum absolute atomic E-state index is 0.206. The molecule has 174 valence electrons. The van der Waals surface area contributed by atoms with Crippen molar-refractivity contribution in [2.45, 2.75) is 69.9 Å². The maximum absolute atomic E-state index is 13.1. The molecule has 2 fully saturated rings. The summed E-state index contributed by atoms with van der Waals surface area (Å²) in [5.74, 6) is 2.60. The van der Waals surface area contributed by atoms with Crippen molar-refractivity contribution in [3.63, 3.8) is 0 Å². The van der Waals surface area contributed by atoms with E-state index in [4.69, 9.17) is 9.47 Å². The molecule has 1 aromatic carbocycles. The van der Waals surface area contributed by atoms with Gasteiger partial charge in [0.15, 0.2) is 11.5 Å². The summed E-state index contributed by atoms with van der Waals surface area (Å²) in [6.07, 6.45) is 7.34. The number of aromatic hydroxyl groups is 1. The van der Waals surface area contributed by atoms with E-state index < -0.39 is 0 Å². The maximum Gasteiger partial charge on any atom is 0.415 e. The van der Waals surface area contributed by atoms with Crippen molar-refractivity contribution in [2.24, 2.45) is 11.8 Å². The highest BCUT2D eigenvalue weighted by molar-refractivity contribution is 5.69. The number of likely N-dealkylation sites (N-methyl/N-ethyl adjacent to an activating group) is 1. The fourth-order valence-corrected chi connectivity index (χ4v) is 7.00. The number of hydrogen-bond acceptors (Lipinski definition) is 5. The van der Waals surface area contributed by atoms with Crippen LogP contribution in [0, 0.1) is 11.8 Å². The van der Waals surface area contributed by atoms with Gasteiger partial charge in [-0.15, -0.1) is 0 Å². The van der Waals surface area contributed by atoms with Crippen molar-refractivity contribution >= 4 is 6.09 Å². The number of likely N-dealkylation sites (tertiary alicyclic amines) is 2. The Kier molecular flexibility index (Phi) is 5.39. The van der Waals surface area contributed by atoms with Gasteiger partial charge in [0, 0.05) is 36.0 Å². The van der Waals surface area contributed by atoms with E-state index in [0.717, 1.165) is 56.5 Å². The number of fused-ring (bicyclic) bond motifs is 1. The standard InChI is InChI=1S/C26H36N2O4/c1-16-9-11-28(17(2)13-16)25(30)32-19-6-7-20-21-14-18-5-8-22(31-4)24(29)23(18)26(20,15-19)10-12-27(21)3/h5-6,8,16-17,20-21,29H,7,9-15H2,1-4H3/t16?,17?,20-,21+,26-/m0/s1. The molecule has 2 unspecified atom stereocenters. The normalized spacial score (nSPS) is 34.2. The molecule has 6 heteroatoms. The van der Waals surface area contributed by atoms with Crippen molar-refractivity contribution < 1.29 is 19.4 Å². The predicted octanol–water partition coefficient (Wildman–Crippen LogP) is 4.45. The van der Waals surface area contributed by atoms with Gasteiger partial charge in [-0.2, -0.15) is 0 Å². The van der Waals surface area contributed by atoms with Gasteiger partial charge in [0.25, 0.3) is 0 Å². The Hall–Kier alpha value is -2.21. The predicted molar refractivity (Wildman–Crippen MR) is 123 cm³/mol. The molecular weight excluding hydrogens is 404 g/mol. The summed E-state index contributed by atoms with van der Waals surface area (Å²) in [6, 6.07) is 4.62. The van der Waals surface area contributed by atoms with Crippen LogP contribution in [0.1, 0.15) is 57.1 Å². The van der Waals surface area contributed by atoms with Crippen molar-refractivity contribution in [3.05, 3.63) is 35.1 Å². The summed E-state index contributed by atoms with van der Waals surface area (Å²) in [7, 11) is 3.81. The molecular formula is C26H36N2O4. The van der Waals surface area contributed by atoms with Gasteiger partial charge < -0.3 is 24.4 Å². The lowest BCUT2D eigenvalue weighted by molar-refractivity contribution is 0.0125. The first-order valence-electron chi connectivity index (χ1n) is 12.1. The number of piperidine rings is 2. The van der Waals surface area contributed by atoms with Gasteiger partial charge in [-0.1, -0.05) is 13.0 Å². The Morgan fingerprint density at radius 3 is 2.81 bits per heavy atom. The topological polar surface area (TPSA) is 62.2 Å². The summed E-state index contributed by atoms with van der Waals surface area (Å²) >= 11 is 0. The summed E-state index contributed by atoms with van der Waals surface area (Å²) in [5.41, 5.74) is 1.99. The SMILES string of the molecule is COc1ccc2c(c1O)[C@]13CCN(C)[C@H](C2)[C@@H]1CC=C(OC(=O)N1CCC(C)CC1C)C3. The Bertz CT molecular complexity index is 944. The van der Waals surface area contributed by atoms with Crippen LogP contribution < -0.4 is 4.74 Å². The quantitative estimate of drug-likeness (QED) is 0.736. The minimum atomic E-state index is -0.226. The summed E-state index contributed by atoms with van der Waals surface area (Å²) in [4.78, 5) is 17.4. The number of carbonyl (C=O) groups excluding carboxylic acids is 1. The zero-order chi connectivity index (χ0) is 22.6. The average molecular weight is 441 g/mol. The van der Waals surface area contributed by atoms with Crippen LogP contribution in [0.25, 0.3) is 0 Å². The Morgan fingerprint density at radius 2 is 2.06 bits per heavy atom. The molecule has 5 atom stereocenters. The van der Waals surface area contributed by atoms with E-state index in [-0.39, 0.29) is 23.3 Å². The maximum atomic E-state index is 13.1. The summed E-state index contributed by atoms with van der Waals surface area (Å²) in [6.45, 7) is 6.10. The molecule has 1 N–H and O–H groups in total. The molecule has 1 amide bonds. The number of benzene rings is 1. The summed E-state index contributed by atoms with van der Waals surface area (Å²) in [5, 5.41) is 11.2. The van der Waals surface area contributed by atoms with Crippen molar-refractivity contribution in [1.82, 2.24) is 9.80 Å². The fraction of sp³-hybridized carbons (Fsp3) is 0.654. The van der Waals surface area contributed by atoms with Gasteiger partial charge in [-0.3, -0.25) is 0 Å². The lowest BCUT2D eigenvalue weighted by Crippen LogP contribution is -2.59. The number of allylic oxidation sites excluding steroid dienone is 2. The molecule has 2 bridgehead atoms. The number of amides is 1. The number of phenols is 1. The first-order valence-corrected chi connectivity index (χ1v) is 12.1. The number of carbonyl (C=O) groups is 1. The fourth-order valence-electron chi connectivity index (χ4n) is 7.00. The molecule has 1 aromatic rings. The molecule has 0 saturated carbocycles. The van der Waals surface area contributed by atoms with Crippen LogP contribution in [0.2, 0.25) is 0 Å². The monoisotopic (exact) mass is 440 g/mol. The Morgan fingerprint density at radius 1 is 1.25 bits per heavy atom. The van der Waals surface area contributed by atoms with Gasteiger partial charge in [0.1, 0.15) is 5.76 Å². The summed E-state index contributed by atoms with van der Waals surface area (Å²) < 4.78 is 11.5. The Balaban J connectivity index is 1.46. The highest BCUT2D eigenvalue weighted by Crippen LogP contribution is 2.58. The van der Waals surface area contributed by atoms with Crippen LogP contribution in [0.5, 0.6) is 11.5 Å². The first-order chi connectivity index (χ1) is 15.3. The third kappa shape index (κ3) is 3.30. The highest BCUT2D eigenvalue weighted by Gasteiger charge is 2.55. The number of ether oxygens (including phenoxy) is 2. The second-order valence-corrected chi connectivity index (χ2v) is 10.5. The van der Waals surface area contributed by atoms with Crippen molar-refractivity contribution in [1.29, 1.82) is 0 Å². The molecule has 2 aliphatic heterocycles. The van der Waals surface area contributed by atoms with Gasteiger partial charge in [-0.25, -0.2) is 4.79 Å². The van der Waals surface area contributed by atoms with E-state index in [0.29, 0.717) is 30.0 Å². The number of rotatable bonds is 2. The van der Waals surface area contributed by atoms with E-state index in [1.165, 1.54) is 5.56 Å². The van der Waals surface area contributed by atoms with Crippen molar-refractivity contribution in [2.75, 3.05) is 27.2 Å². The molecule has 6 nitrogen and oxygen atoms in total. The second kappa shape index (κ2) is 7.98. The molecule has 0 radical (unpaired) electrons. The average Bonchev–Trinajstić information content (AvgIpc) is 2.76. The van der Waals surface area contributed by atoms with E-state index >= 15 is 0 Å². The minimum Gasteiger partial charge on any atom is -0.504 e. The molecule has 32 heavy (non-hydrogen) atoms. The highest BCUT2D eigenvalue weighted by atomic mass is 16.6. The van der Waals surface area contributed by atoms with E-state index in [2.05, 4.69) is 37.9 Å². The van der Waals surface area contributed by atoms with Gasteiger partial charge in [-0.05, 0) is 82.2 Å². The van der Waals surface area contributed by atoms with E-state index in [1.54, 1.807) is 7.11 Å². The second-order valence-electron chi connectivity index (χ2n) is 10.5. The molecule has 0 aromatic heterocycles. The molecule has 5 rings (SSSR count). The molecule has 0 spiro atoms. The molecule has 2 heterocycles. The zero-order valence-electron chi connectivity index (χ0n) is 19.8. The smallest absolute Gasteiger partial charge is 0.415 e. The lowest BCUT2D eigenvalue weighted by Gasteiger charge is -2.57. The molecule has 2 saturated heterocycles. The largest absolute Gasteiger partial charge is 0.504 e. The van der Waals surface area contributed by atoms with Gasteiger partial charge >= 0.3 is 6.09 Å². The van der Waals surface area contributed by atoms with E-state index in [9.17, 15) is 9.90 Å². The Labute approximate surface area is 191 Å². The van der Waals surface area contributed by atoms with Gasteiger partial charge in [0.2, 0.25) is 0 Å². The number of hydrogen-bond donors (Lipinski definition) is 1. The number of phenolic OH excluding ortho intramolecular Hbond substituents is 1.